The van der Waals surface area contributed by atoms with E-state index in [4.69, 9.17) is 0 Å². The van der Waals surface area contributed by atoms with Gasteiger partial charge in [-0.25, -0.2) is 14.5 Å². The third-order valence-electron chi connectivity index (χ3n) is 2.32. The minimum absolute atomic E-state index is 0.0265. The third kappa shape index (κ3) is 2.41. The van der Waals surface area contributed by atoms with Gasteiger partial charge in [0.1, 0.15) is 6.33 Å². The molecule has 1 aromatic carbocycles. The standard InChI is InChI=1S/C11H10BrN3O3/c1-18-11(17)10-13-6-15(14-10)9-4-8(12)3-2-7(9)5-16/h2-4,6,16H,5H2,1H3. The van der Waals surface area contributed by atoms with E-state index in [-0.39, 0.29) is 12.4 Å². The number of esters is 1. The average Bonchev–Trinajstić information content (AvgIpc) is 2.87. The number of rotatable bonds is 3. The van der Waals surface area contributed by atoms with Crippen molar-refractivity contribution in [3.63, 3.8) is 0 Å². The van der Waals surface area contributed by atoms with Crippen LogP contribution in [-0.2, 0) is 11.3 Å². The molecule has 0 amide bonds. The van der Waals surface area contributed by atoms with Gasteiger partial charge < -0.3 is 9.84 Å². The molecule has 0 aliphatic carbocycles. The number of carbonyl (C=O) groups is 1. The molecular weight excluding hydrogens is 302 g/mol. The molecular formula is C11H10BrN3O3. The molecule has 1 N–H and O–H groups in total. The Morgan fingerprint density at radius 1 is 1.56 bits per heavy atom. The maximum absolute atomic E-state index is 11.3. The summed E-state index contributed by atoms with van der Waals surface area (Å²) in [7, 11) is 1.27. The summed E-state index contributed by atoms with van der Waals surface area (Å²) in [4.78, 5) is 15.1. The van der Waals surface area contributed by atoms with Crippen LogP contribution in [0.15, 0.2) is 29.0 Å². The van der Waals surface area contributed by atoms with Crippen LogP contribution in [0.2, 0.25) is 0 Å². The Hall–Kier alpha value is -1.73. The fraction of sp³-hybridized carbons (Fsp3) is 0.182. The quantitative estimate of drug-likeness (QED) is 0.865. The van der Waals surface area contributed by atoms with E-state index in [1.807, 2.05) is 6.07 Å². The van der Waals surface area contributed by atoms with E-state index < -0.39 is 5.97 Å². The number of aliphatic hydroxyl groups excluding tert-OH is 1. The number of hydrogen-bond acceptors (Lipinski definition) is 5. The summed E-state index contributed by atoms with van der Waals surface area (Å²) in [6.45, 7) is -0.129. The Kier molecular flexibility index (Phi) is 3.73. The van der Waals surface area contributed by atoms with Gasteiger partial charge in [0, 0.05) is 10.0 Å². The fourth-order valence-corrected chi connectivity index (χ4v) is 1.80. The predicted molar refractivity (Wildman–Crippen MR) is 66.3 cm³/mol. The van der Waals surface area contributed by atoms with Crippen LogP contribution in [0.25, 0.3) is 5.69 Å². The van der Waals surface area contributed by atoms with E-state index in [2.05, 4.69) is 30.7 Å². The van der Waals surface area contributed by atoms with E-state index in [9.17, 15) is 9.90 Å². The van der Waals surface area contributed by atoms with Crippen LogP contribution < -0.4 is 0 Å². The third-order valence-corrected chi connectivity index (χ3v) is 2.82. The monoisotopic (exact) mass is 311 g/mol. The summed E-state index contributed by atoms with van der Waals surface area (Å²) in [5, 5.41) is 13.3. The number of nitrogens with zero attached hydrogens (tertiary/aromatic N) is 3. The summed E-state index contributed by atoms with van der Waals surface area (Å²) in [5.74, 6) is -0.629. The lowest BCUT2D eigenvalue weighted by Gasteiger charge is -2.06. The molecule has 6 nitrogen and oxygen atoms in total. The van der Waals surface area contributed by atoms with Gasteiger partial charge in [-0.3, -0.25) is 0 Å². The second-order valence-electron chi connectivity index (χ2n) is 3.44. The van der Waals surface area contributed by atoms with Crippen LogP contribution in [0.5, 0.6) is 0 Å². The van der Waals surface area contributed by atoms with Crippen molar-refractivity contribution in [2.75, 3.05) is 7.11 Å². The number of hydrogen-bond donors (Lipinski definition) is 1. The van der Waals surface area contributed by atoms with Crippen molar-refractivity contribution in [1.82, 2.24) is 14.8 Å². The van der Waals surface area contributed by atoms with E-state index in [0.29, 0.717) is 11.3 Å². The highest BCUT2D eigenvalue weighted by Gasteiger charge is 2.13. The predicted octanol–water partition coefficient (Wildman–Crippen LogP) is 1.31. The second-order valence-corrected chi connectivity index (χ2v) is 4.35. The largest absolute Gasteiger partial charge is 0.463 e. The molecule has 0 aliphatic rings. The molecule has 94 valence electrons. The molecule has 0 spiro atoms. The molecule has 0 aliphatic heterocycles. The minimum Gasteiger partial charge on any atom is -0.463 e. The molecule has 0 atom stereocenters. The highest BCUT2D eigenvalue weighted by atomic mass is 79.9. The van der Waals surface area contributed by atoms with E-state index in [1.54, 1.807) is 12.1 Å². The average molecular weight is 312 g/mol. The summed E-state index contributed by atoms with van der Waals surface area (Å²) in [6, 6.07) is 5.35. The van der Waals surface area contributed by atoms with Crippen molar-refractivity contribution in [1.29, 1.82) is 0 Å². The first-order chi connectivity index (χ1) is 8.65. The molecule has 18 heavy (non-hydrogen) atoms. The Labute approximate surface area is 111 Å². The zero-order chi connectivity index (χ0) is 13.1. The van der Waals surface area contributed by atoms with Gasteiger partial charge in [0.2, 0.25) is 0 Å². The van der Waals surface area contributed by atoms with Crippen molar-refractivity contribution < 1.29 is 14.6 Å². The number of carbonyl (C=O) groups excluding carboxylic acids is 1. The smallest absolute Gasteiger partial charge is 0.377 e. The first kappa shape index (κ1) is 12.7. The van der Waals surface area contributed by atoms with E-state index in [0.717, 1.165) is 4.47 Å². The lowest BCUT2D eigenvalue weighted by molar-refractivity contribution is 0.0587. The number of aromatic nitrogens is 3. The maximum atomic E-state index is 11.3. The number of benzene rings is 1. The lowest BCUT2D eigenvalue weighted by atomic mass is 10.2. The van der Waals surface area contributed by atoms with Crippen molar-refractivity contribution >= 4 is 21.9 Å². The molecule has 0 radical (unpaired) electrons. The highest BCUT2D eigenvalue weighted by molar-refractivity contribution is 9.10. The van der Waals surface area contributed by atoms with E-state index in [1.165, 1.54) is 18.1 Å². The Morgan fingerprint density at radius 2 is 2.33 bits per heavy atom. The van der Waals surface area contributed by atoms with Crippen molar-refractivity contribution in [3.05, 3.63) is 40.4 Å². The van der Waals surface area contributed by atoms with Crippen molar-refractivity contribution in [2.24, 2.45) is 0 Å². The summed E-state index contributed by atoms with van der Waals surface area (Å²) in [5.41, 5.74) is 1.33. The molecule has 0 saturated carbocycles. The van der Waals surface area contributed by atoms with Crippen LogP contribution in [0.1, 0.15) is 16.2 Å². The molecule has 2 aromatic rings. The molecule has 2 rings (SSSR count). The Morgan fingerprint density at radius 3 is 3.00 bits per heavy atom. The van der Waals surface area contributed by atoms with Gasteiger partial charge in [0.15, 0.2) is 0 Å². The molecule has 0 saturated heterocycles. The number of ether oxygens (including phenoxy) is 1. The molecule has 1 aromatic heterocycles. The Bertz CT molecular complexity index is 583. The summed E-state index contributed by atoms with van der Waals surface area (Å²) >= 11 is 3.34. The van der Waals surface area contributed by atoms with Crippen LogP contribution in [0, 0.1) is 0 Å². The van der Waals surface area contributed by atoms with Gasteiger partial charge in [-0.2, -0.15) is 0 Å². The van der Waals surface area contributed by atoms with Crippen LogP contribution >= 0.6 is 15.9 Å². The van der Waals surface area contributed by atoms with E-state index >= 15 is 0 Å². The van der Waals surface area contributed by atoms with Crippen LogP contribution in [-0.4, -0.2) is 33.0 Å². The molecule has 1 heterocycles. The van der Waals surface area contributed by atoms with Gasteiger partial charge in [0.05, 0.1) is 19.4 Å². The second kappa shape index (κ2) is 5.28. The fourth-order valence-electron chi connectivity index (χ4n) is 1.45. The van der Waals surface area contributed by atoms with Gasteiger partial charge >= 0.3 is 5.97 Å². The van der Waals surface area contributed by atoms with Gasteiger partial charge in [-0.15, -0.1) is 5.10 Å². The maximum Gasteiger partial charge on any atom is 0.377 e. The number of methoxy groups -OCH3 is 1. The summed E-state index contributed by atoms with van der Waals surface area (Å²) < 4.78 is 6.79. The highest BCUT2D eigenvalue weighted by Crippen LogP contribution is 2.20. The van der Waals surface area contributed by atoms with Crippen molar-refractivity contribution in [2.45, 2.75) is 6.61 Å². The summed E-state index contributed by atoms with van der Waals surface area (Å²) in [6.07, 6.45) is 1.40. The molecule has 0 unspecified atom stereocenters. The normalized spacial score (nSPS) is 10.4. The van der Waals surface area contributed by atoms with Crippen LogP contribution in [0.3, 0.4) is 0 Å². The minimum atomic E-state index is -0.603. The Balaban J connectivity index is 2.45. The topological polar surface area (TPSA) is 77.2 Å². The zero-order valence-electron chi connectivity index (χ0n) is 9.50. The zero-order valence-corrected chi connectivity index (χ0v) is 11.1. The van der Waals surface area contributed by atoms with Gasteiger partial charge in [-0.1, -0.05) is 22.0 Å². The first-order valence-electron chi connectivity index (χ1n) is 5.05. The van der Waals surface area contributed by atoms with Crippen molar-refractivity contribution in [3.8, 4) is 5.69 Å². The molecule has 0 fully saturated rings. The molecule has 0 bridgehead atoms. The number of halogens is 1. The number of aliphatic hydroxyl groups is 1. The molecule has 7 heteroatoms. The van der Waals surface area contributed by atoms with Gasteiger partial charge in [-0.05, 0) is 12.1 Å². The lowest BCUT2D eigenvalue weighted by Crippen LogP contribution is -2.06. The SMILES string of the molecule is COC(=O)c1ncn(-c2cc(Br)ccc2CO)n1. The first-order valence-corrected chi connectivity index (χ1v) is 5.84. The van der Waals surface area contributed by atoms with Gasteiger partial charge in [0.25, 0.3) is 5.82 Å². The van der Waals surface area contributed by atoms with Crippen LogP contribution in [0.4, 0.5) is 0 Å².